The molecule has 4 nitrogen and oxygen atoms in total. The maximum Gasteiger partial charge on any atom is 0.0998 e. The Bertz CT molecular complexity index is 2670. The Hall–Kier alpha value is -6.88. The molecule has 0 amide bonds. The van der Waals surface area contributed by atoms with Gasteiger partial charge in [0.15, 0.2) is 0 Å². The molecule has 240 valence electrons. The third kappa shape index (κ3) is 4.66. The van der Waals surface area contributed by atoms with Crippen LogP contribution in [0.25, 0.3) is 49.7 Å². The summed E-state index contributed by atoms with van der Waals surface area (Å²) in [5, 5.41) is 22.2. The summed E-state index contributed by atoms with van der Waals surface area (Å²) in [5.74, 6) is 0. The molecule has 51 heavy (non-hydrogen) atoms. The Morgan fingerprint density at radius 2 is 1.04 bits per heavy atom. The van der Waals surface area contributed by atoms with Crippen molar-refractivity contribution in [1.82, 2.24) is 4.57 Å². The van der Waals surface area contributed by atoms with Gasteiger partial charge in [0, 0.05) is 33.1 Å². The minimum atomic E-state index is -0.188. The molecule has 0 fully saturated rings. The minimum Gasteiger partial charge on any atom is -0.310 e. The summed E-state index contributed by atoms with van der Waals surface area (Å²) < 4.78 is 2.37. The topological polar surface area (TPSA) is 55.8 Å². The second-order valence-corrected chi connectivity index (χ2v) is 13.6. The van der Waals surface area contributed by atoms with E-state index in [9.17, 15) is 10.5 Å². The number of anilines is 3. The van der Waals surface area contributed by atoms with Gasteiger partial charge in [0.25, 0.3) is 0 Å². The molecule has 0 atom stereocenters. The summed E-state index contributed by atoms with van der Waals surface area (Å²) in [6.07, 6.45) is 0. The summed E-state index contributed by atoms with van der Waals surface area (Å²) >= 11 is 0. The number of nitriles is 2. The lowest BCUT2D eigenvalue weighted by atomic mass is 9.73. The standard InChI is InChI=1S/C47H32N4/c1-47(2)41-17-7-11-21-45(41)51(46-22-12-8-18-42(46)47)35-27-32(36-13-3-4-14-38(36)37-24-23-31(29-48)25-33(37)30-49)26-34(28-35)50-43-19-9-5-15-39(43)40-16-6-10-20-44(40)50/h3-28H,1-2H3. The van der Waals surface area contributed by atoms with Crippen molar-refractivity contribution in [2.24, 2.45) is 0 Å². The molecular formula is C47H32N4. The number of aromatic nitrogens is 1. The van der Waals surface area contributed by atoms with Gasteiger partial charge in [-0.15, -0.1) is 0 Å². The largest absolute Gasteiger partial charge is 0.310 e. The van der Waals surface area contributed by atoms with E-state index in [1.807, 2.05) is 12.1 Å². The fourth-order valence-electron chi connectivity index (χ4n) is 8.07. The third-order valence-electron chi connectivity index (χ3n) is 10.4. The van der Waals surface area contributed by atoms with Crippen LogP contribution >= 0.6 is 0 Å². The molecule has 4 heteroatoms. The number of benzene rings is 7. The van der Waals surface area contributed by atoms with Crippen molar-refractivity contribution in [3.05, 3.63) is 180 Å². The second kappa shape index (κ2) is 11.6. The summed E-state index contributed by atoms with van der Waals surface area (Å²) in [7, 11) is 0. The van der Waals surface area contributed by atoms with Gasteiger partial charge in [0.1, 0.15) is 0 Å². The molecule has 9 rings (SSSR count). The van der Waals surface area contributed by atoms with Gasteiger partial charge < -0.3 is 9.47 Å². The van der Waals surface area contributed by atoms with Crippen LogP contribution < -0.4 is 4.90 Å². The quantitative estimate of drug-likeness (QED) is 0.190. The number of para-hydroxylation sites is 4. The Kier molecular flexibility index (Phi) is 6.88. The van der Waals surface area contributed by atoms with Crippen LogP contribution in [0.5, 0.6) is 0 Å². The van der Waals surface area contributed by atoms with Crippen LogP contribution in [-0.2, 0) is 5.41 Å². The van der Waals surface area contributed by atoms with Gasteiger partial charge in [-0.1, -0.05) is 117 Å². The molecule has 2 heterocycles. The molecule has 0 radical (unpaired) electrons. The van der Waals surface area contributed by atoms with E-state index < -0.39 is 0 Å². The van der Waals surface area contributed by atoms with Crippen molar-refractivity contribution < 1.29 is 0 Å². The van der Waals surface area contributed by atoms with Crippen molar-refractivity contribution >= 4 is 38.9 Å². The molecule has 1 aliphatic heterocycles. The average molecular weight is 653 g/mol. The van der Waals surface area contributed by atoms with Gasteiger partial charge in [0.05, 0.1) is 45.7 Å². The normalized spacial score (nSPS) is 13.0. The van der Waals surface area contributed by atoms with Gasteiger partial charge in [-0.05, 0) is 82.4 Å². The highest BCUT2D eigenvalue weighted by Crippen LogP contribution is 2.52. The van der Waals surface area contributed by atoms with Crippen molar-refractivity contribution in [2.45, 2.75) is 19.3 Å². The smallest absolute Gasteiger partial charge is 0.0998 e. The lowest BCUT2D eigenvalue weighted by Crippen LogP contribution is -2.30. The molecule has 0 unspecified atom stereocenters. The number of hydrogen-bond donors (Lipinski definition) is 0. The summed E-state index contributed by atoms with van der Waals surface area (Å²) in [6.45, 7) is 4.62. The van der Waals surface area contributed by atoms with Gasteiger partial charge in [-0.25, -0.2) is 0 Å². The zero-order valence-electron chi connectivity index (χ0n) is 28.3. The van der Waals surface area contributed by atoms with Crippen molar-refractivity contribution in [2.75, 3.05) is 4.90 Å². The molecule has 1 aliphatic rings. The van der Waals surface area contributed by atoms with Crippen LogP contribution in [0.1, 0.15) is 36.1 Å². The Morgan fingerprint density at radius 3 is 1.67 bits per heavy atom. The lowest BCUT2D eigenvalue weighted by Gasteiger charge is -2.42. The van der Waals surface area contributed by atoms with Gasteiger partial charge >= 0.3 is 0 Å². The number of fused-ring (bicyclic) bond motifs is 5. The number of rotatable bonds is 4. The van der Waals surface area contributed by atoms with Crippen LogP contribution in [0.2, 0.25) is 0 Å². The monoisotopic (exact) mass is 652 g/mol. The van der Waals surface area contributed by atoms with Gasteiger partial charge in [-0.3, -0.25) is 0 Å². The predicted molar refractivity (Wildman–Crippen MR) is 208 cm³/mol. The lowest BCUT2D eigenvalue weighted by molar-refractivity contribution is 0.632. The fraction of sp³-hybridized carbons (Fsp3) is 0.0638. The molecule has 0 bridgehead atoms. The van der Waals surface area contributed by atoms with Crippen LogP contribution in [-0.4, -0.2) is 4.57 Å². The summed E-state index contributed by atoms with van der Waals surface area (Å²) in [4.78, 5) is 2.40. The fourth-order valence-corrected chi connectivity index (χ4v) is 8.07. The molecule has 0 saturated carbocycles. The average Bonchev–Trinajstić information content (AvgIpc) is 3.52. The van der Waals surface area contributed by atoms with E-state index in [4.69, 9.17) is 0 Å². The van der Waals surface area contributed by atoms with Crippen LogP contribution in [0.4, 0.5) is 17.1 Å². The summed E-state index contributed by atoms with van der Waals surface area (Å²) in [6, 6.07) is 59.6. The van der Waals surface area contributed by atoms with Crippen molar-refractivity contribution in [3.63, 3.8) is 0 Å². The second-order valence-electron chi connectivity index (χ2n) is 13.6. The molecular weight excluding hydrogens is 621 g/mol. The highest BCUT2D eigenvalue weighted by Gasteiger charge is 2.36. The minimum absolute atomic E-state index is 0.188. The SMILES string of the molecule is CC1(C)c2ccccc2N(c2cc(-c3ccccc3-c3ccc(C#N)cc3C#N)cc(-n3c4ccccc4c4ccccc43)c2)c2ccccc21. The number of nitrogens with zero attached hydrogens (tertiary/aromatic N) is 4. The predicted octanol–water partition coefficient (Wildman–Crippen LogP) is 12.0. The van der Waals surface area contributed by atoms with Crippen LogP contribution in [0.15, 0.2) is 158 Å². The summed E-state index contributed by atoms with van der Waals surface area (Å²) in [5.41, 5.74) is 13.7. The van der Waals surface area contributed by atoms with Crippen LogP contribution in [0.3, 0.4) is 0 Å². The molecule has 0 spiro atoms. The van der Waals surface area contributed by atoms with E-state index in [2.05, 4.69) is 169 Å². The Labute approximate surface area is 297 Å². The van der Waals surface area contributed by atoms with E-state index in [0.717, 1.165) is 56.0 Å². The Morgan fingerprint density at radius 1 is 0.490 bits per heavy atom. The van der Waals surface area contributed by atoms with E-state index in [-0.39, 0.29) is 5.41 Å². The first-order chi connectivity index (χ1) is 25.0. The molecule has 0 saturated heterocycles. The zero-order chi connectivity index (χ0) is 34.7. The molecule has 8 aromatic rings. The van der Waals surface area contributed by atoms with E-state index in [0.29, 0.717) is 11.1 Å². The maximum atomic E-state index is 10.2. The molecule has 1 aromatic heterocycles. The van der Waals surface area contributed by atoms with E-state index >= 15 is 0 Å². The number of hydrogen-bond acceptors (Lipinski definition) is 3. The first-order valence-electron chi connectivity index (χ1n) is 17.1. The zero-order valence-corrected chi connectivity index (χ0v) is 28.3. The molecule has 0 aliphatic carbocycles. The Balaban J connectivity index is 1.37. The third-order valence-corrected chi connectivity index (χ3v) is 10.4. The first-order valence-corrected chi connectivity index (χ1v) is 17.1. The maximum absolute atomic E-state index is 10.2. The van der Waals surface area contributed by atoms with Crippen LogP contribution in [0, 0.1) is 22.7 Å². The highest BCUT2D eigenvalue weighted by molar-refractivity contribution is 6.09. The highest BCUT2D eigenvalue weighted by atomic mass is 15.2. The van der Waals surface area contributed by atoms with Gasteiger partial charge in [-0.2, -0.15) is 10.5 Å². The molecule has 7 aromatic carbocycles. The molecule has 0 N–H and O–H groups in total. The van der Waals surface area contributed by atoms with Crippen molar-refractivity contribution in [1.29, 1.82) is 10.5 Å². The van der Waals surface area contributed by atoms with Crippen molar-refractivity contribution in [3.8, 4) is 40.1 Å². The van der Waals surface area contributed by atoms with E-state index in [1.54, 1.807) is 12.1 Å². The van der Waals surface area contributed by atoms with E-state index in [1.165, 1.54) is 21.9 Å². The van der Waals surface area contributed by atoms with Gasteiger partial charge in [0.2, 0.25) is 0 Å². The first kappa shape index (κ1) is 30.2.